The van der Waals surface area contributed by atoms with E-state index in [-0.39, 0.29) is 12.2 Å². The van der Waals surface area contributed by atoms with E-state index in [9.17, 15) is 13.2 Å². The van der Waals surface area contributed by atoms with Crippen molar-refractivity contribution in [1.82, 2.24) is 0 Å². The summed E-state index contributed by atoms with van der Waals surface area (Å²) in [5, 5.41) is 0. The van der Waals surface area contributed by atoms with Crippen LogP contribution in [-0.4, -0.2) is 12.5 Å². The first-order valence-corrected chi connectivity index (χ1v) is 4.29. The van der Waals surface area contributed by atoms with Crippen LogP contribution < -0.4 is 5.73 Å². The van der Waals surface area contributed by atoms with Crippen LogP contribution in [0.25, 0.3) is 0 Å². The lowest BCUT2D eigenvalue weighted by Crippen LogP contribution is -2.30. The van der Waals surface area contributed by atoms with Crippen LogP contribution in [0.4, 0.5) is 13.2 Å². The van der Waals surface area contributed by atoms with Gasteiger partial charge in [-0.05, 0) is 30.5 Å². The van der Waals surface area contributed by atoms with Crippen molar-refractivity contribution in [3.63, 3.8) is 0 Å². The largest absolute Gasteiger partial charge is 0.323 e. The first-order valence-electron chi connectivity index (χ1n) is 4.29. The zero-order valence-corrected chi connectivity index (χ0v) is 7.81. The van der Waals surface area contributed by atoms with Crippen LogP contribution in [0.1, 0.15) is 11.1 Å². The highest BCUT2D eigenvalue weighted by atomic mass is 19.3. The zero-order chi connectivity index (χ0) is 10.7. The zero-order valence-electron chi connectivity index (χ0n) is 7.81. The van der Waals surface area contributed by atoms with E-state index in [0.29, 0.717) is 11.1 Å². The molecule has 2 N–H and O–H groups in total. The van der Waals surface area contributed by atoms with Crippen molar-refractivity contribution in [3.8, 4) is 0 Å². The Morgan fingerprint density at radius 1 is 1.36 bits per heavy atom. The molecule has 4 heteroatoms. The average molecular weight is 203 g/mol. The van der Waals surface area contributed by atoms with Gasteiger partial charge in [0.2, 0.25) is 0 Å². The molecule has 0 saturated heterocycles. The molecule has 1 nitrogen and oxygen atoms in total. The molecule has 1 aromatic rings. The van der Waals surface area contributed by atoms with E-state index in [2.05, 4.69) is 0 Å². The molecule has 0 aliphatic rings. The number of alkyl halides is 2. The van der Waals surface area contributed by atoms with Crippen LogP contribution in [0.3, 0.4) is 0 Å². The fourth-order valence-electron chi connectivity index (χ4n) is 1.20. The van der Waals surface area contributed by atoms with Crippen molar-refractivity contribution in [1.29, 1.82) is 0 Å². The fourth-order valence-corrected chi connectivity index (χ4v) is 1.20. The summed E-state index contributed by atoms with van der Waals surface area (Å²) in [7, 11) is 0. The molecule has 0 fully saturated rings. The van der Waals surface area contributed by atoms with Gasteiger partial charge in [0.15, 0.2) is 0 Å². The third-order valence-electron chi connectivity index (χ3n) is 2.02. The minimum atomic E-state index is -2.54. The molecule has 0 aromatic heterocycles. The molecule has 0 heterocycles. The Morgan fingerprint density at radius 2 is 2.00 bits per heavy atom. The van der Waals surface area contributed by atoms with Gasteiger partial charge in [0.25, 0.3) is 6.43 Å². The van der Waals surface area contributed by atoms with Gasteiger partial charge in [0, 0.05) is 0 Å². The summed E-state index contributed by atoms with van der Waals surface area (Å²) in [5.74, 6) is -0.334. The third-order valence-corrected chi connectivity index (χ3v) is 2.02. The summed E-state index contributed by atoms with van der Waals surface area (Å²) in [6.45, 7) is 1.59. The Morgan fingerprint density at radius 3 is 2.50 bits per heavy atom. The molecule has 1 atom stereocenters. The van der Waals surface area contributed by atoms with Crippen LogP contribution in [0.5, 0.6) is 0 Å². The molecule has 14 heavy (non-hydrogen) atoms. The summed E-state index contributed by atoms with van der Waals surface area (Å²) in [4.78, 5) is 0. The summed E-state index contributed by atoms with van der Waals surface area (Å²) in [5.41, 5.74) is 6.28. The normalized spacial score (nSPS) is 13.3. The van der Waals surface area contributed by atoms with Crippen molar-refractivity contribution in [2.75, 3.05) is 0 Å². The average Bonchev–Trinajstić information content (AvgIpc) is 2.11. The molecule has 0 spiro atoms. The van der Waals surface area contributed by atoms with Gasteiger partial charge in [0.05, 0.1) is 6.04 Å². The van der Waals surface area contributed by atoms with E-state index in [4.69, 9.17) is 5.73 Å². The van der Waals surface area contributed by atoms with Crippen molar-refractivity contribution in [2.24, 2.45) is 5.73 Å². The van der Waals surface area contributed by atoms with Crippen LogP contribution in [-0.2, 0) is 6.42 Å². The van der Waals surface area contributed by atoms with Gasteiger partial charge in [-0.25, -0.2) is 13.2 Å². The second-order valence-corrected chi connectivity index (χ2v) is 3.29. The monoisotopic (exact) mass is 203 g/mol. The highest BCUT2D eigenvalue weighted by Gasteiger charge is 2.15. The Hall–Kier alpha value is -1.03. The van der Waals surface area contributed by atoms with Gasteiger partial charge < -0.3 is 5.73 Å². The molecule has 0 amide bonds. The summed E-state index contributed by atoms with van der Waals surface area (Å²) in [6, 6.07) is 3.10. The van der Waals surface area contributed by atoms with Crippen LogP contribution >= 0.6 is 0 Å². The van der Waals surface area contributed by atoms with Crippen LogP contribution in [0, 0.1) is 12.7 Å². The number of aryl methyl sites for hydroxylation is 1. The van der Waals surface area contributed by atoms with Crippen LogP contribution in [0.2, 0.25) is 0 Å². The number of hydrogen-bond donors (Lipinski definition) is 1. The van der Waals surface area contributed by atoms with Crippen molar-refractivity contribution in [2.45, 2.75) is 25.8 Å². The summed E-state index contributed by atoms with van der Waals surface area (Å²) in [6.07, 6.45) is -2.47. The molecule has 1 rings (SSSR count). The first-order chi connectivity index (χ1) is 6.50. The molecule has 0 saturated carbocycles. The van der Waals surface area contributed by atoms with Gasteiger partial charge >= 0.3 is 0 Å². The number of hydrogen-bond acceptors (Lipinski definition) is 1. The number of halogens is 3. The minimum Gasteiger partial charge on any atom is -0.323 e. The predicted octanol–water partition coefficient (Wildman–Crippen LogP) is 2.27. The Bertz CT molecular complexity index is 312. The molecule has 0 radical (unpaired) electrons. The lowest BCUT2D eigenvalue weighted by molar-refractivity contribution is 0.116. The van der Waals surface area contributed by atoms with Crippen molar-refractivity contribution >= 4 is 0 Å². The maximum atomic E-state index is 12.8. The molecule has 0 bridgehead atoms. The van der Waals surface area contributed by atoms with E-state index < -0.39 is 12.5 Å². The Labute approximate surface area is 80.7 Å². The smallest absolute Gasteiger partial charge is 0.253 e. The van der Waals surface area contributed by atoms with Crippen molar-refractivity contribution < 1.29 is 13.2 Å². The molecule has 1 unspecified atom stereocenters. The van der Waals surface area contributed by atoms with E-state index in [1.165, 1.54) is 18.2 Å². The fraction of sp³-hybridized carbons (Fsp3) is 0.400. The van der Waals surface area contributed by atoms with Crippen molar-refractivity contribution in [3.05, 3.63) is 35.1 Å². The third kappa shape index (κ3) is 2.73. The van der Waals surface area contributed by atoms with Gasteiger partial charge in [-0.1, -0.05) is 12.1 Å². The van der Waals surface area contributed by atoms with E-state index in [1.807, 2.05) is 0 Å². The predicted molar refractivity (Wildman–Crippen MR) is 48.8 cm³/mol. The van der Waals surface area contributed by atoms with Gasteiger partial charge in [-0.15, -0.1) is 0 Å². The first kappa shape index (κ1) is 11.0. The summed E-state index contributed by atoms with van der Waals surface area (Å²) >= 11 is 0. The lowest BCUT2D eigenvalue weighted by Gasteiger charge is -2.10. The highest BCUT2D eigenvalue weighted by molar-refractivity contribution is 5.24. The molecular weight excluding hydrogens is 191 g/mol. The minimum absolute atomic E-state index is 0.0682. The SMILES string of the molecule is Cc1cc(CC(N)C(F)F)ccc1F. The maximum absolute atomic E-state index is 12.8. The number of rotatable bonds is 3. The van der Waals surface area contributed by atoms with Crippen LogP contribution in [0.15, 0.2) is 18.2 Å². The lowest BCUT2D eigenvalue weighted by atomic mass is 10.0. The standard InChI is InChI=1S/C10H12F3N/c1-6-4-7(2-3-8(6)11)5-9(14)10(12)13/h2-4,9-10H,5,14H2,1H3. The number of nitrogens with two attached hydrogens (primary N) is 1. The number of benzene rings is 1. The molecule has 78 valence electrons. The molecule has 1 aromatic carbocycles. The molecule has 0 aliphatic carbocycles. The quantitative estimate of drug-likeness (QED) is 0.801. The Kier molecular flexibility index (Phi) is 3.52. The Balaban J connectivity index is 2.73. The van der Waals surface area contributed by atoms with Gasteiger partial charge in [0.1, 0.15) is 5.82 Å². The molecule has 0 aliphatic heterocycles. The van der Waals surface area contributed by atoms with E-state index >= 15 is 0 Å². The van der Waals surface area contributed by atoms with Gasteiger partial charge in [-0.3, -0.25) is 0 Å². The highest BCUT2D eigenvalue weighted by Crippen LogP contribution is 2.12. The van der Waals surface area contributed by atoms with Gasteiger partial charge in [-0.2, -0.15) is 0 Å². The summed E-state index contributed by atoms with van der Waals surface area (Å²) < 4.78 is 37.0. The van der Waals surface area contributed by atoms with E-state index in [1.54, 1.807) is 6.92 Å². The topological polar surface area (TPSA) is 26.0 Å². The maximum Gasteiger partial charge on any atom is 0.253 e. The molecular formula is C10H12F3N. The second kappa shape index (κ2) is 4.46. The second-order valence-electron chi connectivity index (χ2n) is 3.29. The van der Waals surface area contributed by atoms with E-state index in [0.717, 1.165) is 0 Å².